The smallest absolute Gasteiger partial charge is 0.244 e. The second-order valence-corrected chi connectivity index (χ2v) is 12.9. The van der Waals surface area contributed by atoms with Crippen molar-refractivity contribution in [2.24, 2.45) is 17.8 Å². The number of thioether (sulfide) groups is 1. The van der Waals surface area contributed by atoms with Crippen molar-refractivity contribution in [3.05, 3.63) is 30.3 Å². The van der Waals surface area contributed by atoms with Gasteiger partial charge in [0, 0.05) is 16.5 Å². The molecular formula is C26H37N3O4S. The summed E-state index contributed by atoms with van der Waals surface area (Å²) >= 11 is 1.65. The van der Waals surface area contributed by atoms with Crippen LogP contribution in [0.5, 0.6) is 0 Å². The lowest BCUT2D eigenvalue weighted by atomic mass is 9.66. The Labute approximate surface area is 206 Å². The Hall–Kier alpha value is -2.06. The Morgan fingerprint density at radius 2 is 1.82 bits per heavy atom. The number of hydrogen-bond acceptors (Lipinski definition) is 5. The van der Waals surface area contributed by atoms with Crippen LogP contribution < -0.4 is 10.6 Å². The molecule has 34 heavy (non-hydrogen) atoms. The molecule has 8 heteroatoms. The summed E-state index contributed by atoms with van der Waals surface area (Å²) in [5, 5.41) is 16.3. The predicted molar refractivity (Wildman–Crippen MR) is 134 cm³/mol. The van der Waals surface area contributed by atoms with Gasteiger partial charge in [0.1, 0.15) is 6.04 Å². The lowest BCUT2D eigenvalue weighted by Crippen LogP contribution is -2.57. The summed E-state index contributed by atoms with van der Waals surface area (Å²) in [5.74, 6) is -1.42. The number of aliphatic hydroxyl groups excluding tert-OH is 1. The van der Waals surface area contributed by atoms with E-state index in [1.165, 1.54) is 0 Å². The first-order valence-corrected chi connectivity index (χ1v) is 13.1. The lowest BCUT2D eigenvalue weighted by Gasteiger charge is -2.38. The van der Waals surface area contributed by atoms with Gasteiger partial charge >= 0.3 is 0 Å². The normalized spacial score (nSPS) is 32.9. The standard InChI is InChI=1S/C26H37N3O4S/c1-15(2)13-18(14-30)29-21(23(32)27-16(3)4)26-12-11-25(5,34-26)19(20(26)24(29)33)22(31)28-17-9-7-6-8-10-17/h6-10,15-16,18-21,30H,11-14H2,1-5H3,(H,27,32)(H,28,31)/t18-,19-,20+,21?,25+,26?/m1/s1. The van der Waals surface area contributed by atoms with Crippen molar-refractivity contribution in [3.63, 3.8) is 0 Å². The zero-order valence-corrected chi connectivity index (χ0v) is 21.5. The highest BCUT2D eigenvalue weighted by atomic mass is 32.2. The minimum atomic E-state index is -0.704. The summed E-state index contributed by atoms with van der Waals surface area (Å²) in [5.41, 5.74) is 0.697. The van der Waals surface area contributed by atoms with Crippen LogP contribution in [0, 0.1) is 17.8 Å². The number of hydrogen-bond donors (Lipinski definition) is 3. The molecule has 4 rings (SSSR count). The number of amides is 3. The first-order chi connectivity index (χ1) is 16.0. The lowest BCUT2D eigenvalue weighted by molar-refractivity contribution is -0.143. The molecule has 3 heterocycles. The van der Waals surface area contributed by atoms with Crippen molar-refractivity contribution in [3.8, 4) is 0 Å². The molecule has 3 aliphatic heterocycles. The Morgan fingerprint density at radius 3 is 2.41 bits per heavy atom. The number of benzene rings is 1. The van der Waals surface area contributed by atoms with Gasteiger partial charge in [-0.15, -0.1) is 11.8 Å². The molecule has 3 saturated heterocycles. The van der Waals surface area contributed by atoms with Crippen molar-refractivity contribution >= 4 is 35.2 Å². The molecule has 3 fully saturated rings. The minimum absolute atomic E-state index is 0.0751. The van der Waals surface area contributed by atoms with Gasteiger partial charge in [-0.2, -0.15) is 0 Å². The third kappa shape index (κ3) is 4.02. The average Bonchev–Trinajstić information content (AvgIpc) is 3.33. The molecule has 2 unspecified atom stereocenters. The van der Waals surface area contributed by atoms with Crippen LogP contribution in [-0.2, 0) is 14.4 Å². The molecule has 7 nitrogen and oxygen atoms in total. The van der Waals surface area contributed by atoms with Crippen LogP contribution in [0.1, 0.15) is 53.9 Å². The average molecular weight is 488 g/mol. The molecule has 0 aliphatic carbocycles. The van der Waals surface area contributed by atoms with Crippen LogP contribution in [0.3, 0.4) is 0 Å². The number of anilines is 1. The van der Waals surface area contributed by atoms with E-state index < -0.39 is 33.4 Å². The first kappa shape index (κ1) is 25.0. The van der Waals surface area contributed by atoms with Crippen LogP contribution in [0.2, 0.25) is 0 Å². The number of aliphatic hydroxyl groups is 1. The molecule has 0 aromatic heterocycles. The van der Waals surface area contributed by atoms with Crippen molar-refractivity contribution in [2.45, 2.75) is 81.5 Å². The van der Waals surface area contributed by atoms with Gasteiger partial charge in [-0.25, -0.2) is 0 Å². The Bertz CT molecular complexity index is 955. The van der Waals surface area contributed by atoms with E-state index in [0.717, 1.165) is 6.42 Å². The fraction of sp³-hybridized carbons (Fsp3) is 0.654. The van der Waals surface area contributed by atoms with E-state index >= 15 is 0 Å². The molecule has 0 radical (unpaired) electrons. The van der Waals surface area contributed by atoms with Crippen molar-refractivity contribution < 1.29 is 19.5 Å². The third-order valence-corrected chi connectivity index (χ3v) is 9.55. The summed E-state index contributed by atoms with van der Waals surface area (Å²) in [6, 6.07) is 8.05. The van der Waals surface area contributed by atoms with Crippen LogP contribution >= 0.6 is 11.8 Å². The molecule has 2 bridgehead atoms. The molecule has 0 saturated carbocycles. The number of rotatable bonds is 8. The summed E-state index contributed by atoms with van der Waals surface area (Å²) in [6.45, 7) is 9.75. The van der Waals surface area contributed by atoms with Crippen LogP contribution in [0.4, 0.5) is 5.69 Å². The maximum atomic E-state index is 14.1. The number of carbonyl (C=O) groups is 3. The second-order valence-electron chi connectivity index (χ2n) is 11.0. The van der Waals surface area contributed by atoms with E-state index in [2.05, 4.69) is 17.6 Å². The molecule has 6 atom stereocenters. The molecule has 3 aliphatic rings. The largest absolute Gasteiger partial charge is 0.394 e. The zero-order valence-electron chi connectivity index (χ0n) is 20.7. The van der Waals surface area contributed by atoms with Gasteiger partial charge < -0.3 is 20.6 Å². The number of fused-ring (bicyclic) bond motifs is 1. The quantitative estimate of drug-likeness (QED) is 0.524. The van der Waals surface area contributed by atoms with Gasteiger partial charge in [0.05, 0.1) is 29.2 Å². The van der Waals surface area contributed by atoms with Gasteiger partial charge in [-0.1, -0.05) is 32.0 Å². The minimum Gasteiger partial charge on any atom is -0.394 e. The molecule has 186 valence electrons. The molecular weight excluding hydrogens is 450 g/mol. The van der Waals surface area contributed by atoms with E-state index in [4.69, 9.17) is 0 Å². The second kappa shape index (κ2) is 9.19. The Balaban J connectivity index is 1.75. The van der Waals surface area contributed by atoms with E-state index in [0.29, 0.717) is 18.5 Å². The summed E-state index contributed by atoms with van der Waals surface area (Å²) in [4.78, 5) is 43.0. The van der Waals surface area contributed by atoms with E-state index in [1.54, 1.807) is 16.7 Å². The Morgan fingerprint density at radius 1 is 1.15 bits per heavy atom. The van der Waals surface area contributed by atoms with Gasteiger partial charge in [0.25, 0.3) is 0 Å². The number of nitrogens with one attached hydrogen (secondary N) is 2. The predicted octanol–water partition coefficient (Wildman–Crippen LogP) is 3.04. The van der Waals surface area contributed by atoms with E-state index in [-0.39, 0.29) is 36.3 Å². The highest BCUT2D eigenvalue weighted by molar-refractivity contribution is 8.02. The fourth-order valence-electron chi connectivity index (χ4n) is 6.38. The Kier molecular flexibility index (Phi) is 6.77. The summed E-state index contributed by atoms with van der Waals surface area (Å²) in [7, 11) is 0. The number of nitrogens with zero attached hydrogens (tertiary/aromatic N) is 1. The maximum absolute atomic E-state index is 14.1. The highest BCUT2D eigenvalue weighted by Gasteiger charge is 2.77. The van der Waals surface area contributed by atoms with E-state index in [9.17, 15) is 19.5 Å². The van der Waals surface area contributed by atoms with Crippen molar-refractivity contribution in [1.29, 1.82) is 0 Å². The molecule has 1 aromatic carbocycles. The summed E-state index contributed by atoms with van der Waals surface area (Å²) < 4.78 is -1.09. The molecule has 3 N–H and O–H groups in total. The van der Waals surface area contributed by atoms with Gasteiger partial charge in [-0.3, -0.25) is 14.4 Å². The van der Waals surface area contributed by atoms with E-state index in [1.807, 2.05) is 58.0 Å². The first-order valence-electron chi connectivity index (χ1n) is 12.3. The van der Waals surface area contributed by atoms with Gasteiger partial charge in [0.15, 0.2) is 0 Å². The fourth-order valence-corrected chi connectivity index (χ4v) is 8.73. The number of para-hydroxylation sites is 1. The van der Waals surface area contributed by atoms with Crippen LogP contribution in [0.25, 0.3) is 0 Å². The highest BCUT2D eigenvalue weighted by Crippen LogP contribution is 2.71. The number of carbonyl (C=O) groups excluding carboxylic acids is 3. The monoisotopic (exact) mass is 487 g/mol. The zero-order chi connectivity index (χ0) is 24.8. The summed E-state index contributed by atoms with van der Waals surface area (Å²) in [6.07, 6.45) is 2.06. The topological polar surface area (TPSA) is 98.7 Å². The molecule has 3 amide bonds. The van der Waals surface area contributed by atoms with Crippen LogP contribution in [-0.4, -0.2) is 62.0 Å². The third-order valence-electron chi connectivity index (χ3n) is 7.57. The van der Waals surface area contributed by atoms with Crippen molar-refractivity contribution in [1.82, 2.24) is 10.2 Å². The maximum Gasteiger partial charge on any atom is 0.244 e. The van der Waals surface area contributed by atoms with Crippen molar-refractivity contribution in [2.75, 3.05) is 11.9 Å². The van der Waals surface area contributed by atoms with Gasteiger partial charge in [0.2, 0.25) is 17.7 Å². The number of likely N-dealkylation sites (tertiary alicyclic amines) is 1. The molecule has 1 spiro atoms. The SMILES string of the molecule is CC(C)C[C@H](CO)N1C(=O)[C@@H]2[C@H](C(=O)Nc3ccccc3)[C@]3(C)CCC2(S3)C1C(=O)NC(C)C. The molecule has 1 aromatic rings. The van der Waals surface area contributed by atoms with Gasteiger partial charge in [-0.05, 0) is 58.1 Å². The van der Waals surface area contributed by atoms with Crippen LogP contribution in [0.15, 0.2) is 30.3 Å².